The third-order valence-corrected chi connectivity index (χ3v) is 4.58. The van der Waals surface area contributed by atoms with Crippen LogP contribution < -0.4 is 5.32 Å². The van der Waals surface area contributed by atoms with Gasteiger partial charge in [-0.15, -0.1) is 0 Å². The molecule has 6 heteroatoms. The average Bonchev–Trinajstić information content (AvgIpc) is 2.75. The van der Waals surface area contributed by atoms with Crippen LogP contribution in [0.3, 0.4) is 0 Å². The Morgan fingerprint density at radius 1 is 1.14 bits per heavy atom. The summed E-state index contributed by atoms with van der Waals surface area (Å²) in [5.74, 6) is -0.228. The lowest BCUT2D eigenvalue weighted by Gasteiger charge is -2.08. The molecule has 0 saturated carbocycles. The maximum Gasteiger partial charge on any atom is 0.251 e. The van der Waals surface area contributed by atoms with Crippen LogP contribution in [0.1, 0.15) is 21.7 Å². The minimum Gasteiger partial charge on any atom is -0.350 e. The highest BCUT2D eigenvalue weighted by molar-refractivity contribution is 7.90. The second-order valence-electron chi connectivity index (χ2n) is 5.00. The highest BCUT2D eigenvalue weighted by Gasteiger charge is 2.10. The fraction of sp³-hybridized carbons (Fsp3) is 0.267. The molecule has 0 fully saturated rings. The van der Waals surface area contributed by atoms with Gasteiger partial charge in [-0.2, -0.15) is 0 Å². The zero-order chi connectivity index (χ0) is 15.6. The fourth-order valence-electron chi connectivity index (χ4n) is 1.97. The molecule has 1 amide bonds. The van der Waals surface area contributed by atoms with Crippen molar-refractivity contribution in [1.29, 1.82) is 0 Å². The topological polar surface area (TPSA) is 68.2 Å². The fourth-order valence-corrected chi connectivity index (χ4v) is 2.60. The first-order valence-electron chi connectivity index (χ1n) is 6.48. The molecule has 0 aliphatic carbocycles. The Hall–Kier alpha value is -2.08. The van der Waals surface area contributed by atoms with Crippen molar-refractivity contribution in [2.75, 3.05) is 6.26 Å². The number of hydrogen-bond acceptors (Lipinski definition) is 3. The standard InChI is InChI=1S/C15H18N2O3S/c1-11-4-7-13(17(11)2)10-16-15(18)12-5-8-14(9-6-12)21(3,19)20/h4-9H,10H2,1-3H3,(H,16,18). The van der Waals surface area contributed by atoms with E-state index in [-0.39, 0.29) is 10.8 Å². The molecule has 1 heterocycles. The molecule has 21 heavy (non-hydrogen) atoms. The molecule has 0 bridgehead atoms. The summed E-state index contributed by atoms with van der Waals surface area (Å²) in [4.78, 5) is 12.2. The second kappa shape index (κ2) is 5.73. The van der Waals surface area contributed by atoms with E-state index in [1.165, 1.54) is 24.3 Å². The first kappa shape index (κ1) is 15.3. The van der Waals surface area contributed by atoms with Gasteiger partial charge in [-0.1, -0.05) is 0 Å². The molecular formula is C15H18N2O3S. The summed E-state index contributed by atoms with van der Waals surface area (Å²) in [5, 5.41) is 2.82. The van der Waals surface area contributed by atoms with E-state index in [1.54, 1.807) is 0 Å². The molecule has 0 atom stereocenters. The van der Waals surface area contributed by atoms with E-state index in [9.17, 15) is 13.2 Å². The van der Waals surface area contributed by atoms with Gasteiger partial charge in [0.1, 0.15) is 0 Å². The van der Waals surface area contributed by atoms with E-state index in [4.69, 9.17) is 0 Å². The van der Waals surface area contributed by atoms with Crippen LogP contribution in [0.5, 0.6) is 0 Å². The number of aromatic nitrogens is 1. The van der Waals surface area contributed by atoms with Crippen LogP contribution >= 0.6 is 0 Å². The summed E-state index contributed by atoms with van der Waals surface area (Å²) in [5.41, 5.74) is 2.57. The van der Waals surface area contributed by atoms with Crippen molar-refractivity contribution in [3.8, 4) is 0 Å². The summed E-state index contributed by atoms with van der Waals surface area (Å²) >= 11 is 0. The molecular weight excluding hydrogens is 288 g/mol. The van der Waals surface area contributed by atoms with E-state index >= 15 is 0 Å². The van der Waals surface area contributed by atoms with Crippen molar-refractivity contribution in [2.24, 2.45) is 7.05 Å². The van der Waals surface area contributed by atoms with E-state index in [0.717, 1.165) is 17.6 Å². The number of aryl methyl sites for hydroxylation is 1. The number of sulfone groups is 1. The summed E-state index contributed by atoms with van der Waals surface area (Å²) in [6.45, 7) is 2.42. The van der Waals surface area contributed by atoms with Gasteiger partial charge in [-0.3, -0.25) is 4.79 Å². The Balaban J connectivity index is 2.05. The summed E-state index contributed by atoms with van der Waals surface area (Å²) in [6.07, 6.45) is 1.14. The van der Waals surface area contributed by atoms with Crippen LogP contribution in [-0.4, -0.2) is 25.1 Å². The minimum atomic E-state index is -3.24. The molecule has 1 aromatic heterocycles. The smallest absolute Gasteiger partial charge is 0.251 e. The molecule has 0 saturated heterocycles. The van der Waals surface area contributed by atoms with Gasteiger partial charge in [0, 0.05) is 30.3 Å². The lowest BCUT2D eigenvalue weighted by molar-refractivity contribution is 0.0950. The Kier molecular flexibility index (Phi) is 4.18. The number of carbonyl (C=O) groups is 1. The van der Waals surface area contributed by atoms with Crippen LogP contribution in [0.15, 0.2) is 41.3 Å². The van der Waals surface area contributed by atoms with Crippen LogP contribution in [0, 0.1) is 6.92 Å². The maximum absolute atomic E-state index is 12.0. The molecule has 0 unspecified atom stereocenters. The number of rotatable bonds is 4. The van der Waals surface area contributed by atoms with E-state index < -0.39 is 9.84 Å². The van der Waals surface area contributed by atoms with Crippen molar-refractivity contribution >= 4 is 15.7 Å². The SMILES string of the molecule is Cc1ccc(CNC(=O)c2ccc(S(C)(=O)=O)cc2)n1C. The molecule has 0 radical (unpaired) electrons. The monoisotopic (exact) mass is 306 g/mol. The Morgan fingerprint density at radius 2 is 1.76 bits per heavy atom. The minimum absolute atomic E-state index is 0.206. The highest BCUT2D eigenvalue weighted by atomic mass is 32.2. The number of amides is 1. The zero-order valence-electron chi connectivity index (χ0n) is 12.3. The first-order valence-corrected chi connectivity index (χ1v) is 8.37. The largest absolute Gasteiger partial charge is 0.350 e. The Morgan fingerprint density at radius 3 is 2.24 bits per heavy atom. The maximum atomic E-state index is 12.0. The van der Waals surface area contributed by atoms with Gasteiger partial charge in [0.25, 0.3) is 5.91 Å². The quantitative estimate of drug-likeness (QED) is 0.934. The Bertz CT molecular complexity index is 759. The van der Waals surface area contributed by atoms with Gasteiger partial charge >= 0.3 is 0 Å². The molecule has 112 valence electrons. The summed E-state index contributed by atoms with van der Waals surface area (Å²) < 4.78 is 24.7. The van der Waals surface area contributed by atoms with Crippen molar-refractivity contribution < 1.29 is 13.2 Å². The van der Waals surface area contributed by atoms with Gasteiger partial charge in [0.15, 0.2) is 9.84 Å². The predicted octanol–water partition coefficient (Wildman–Crippen LogP) is 1.67. The van der Waals surface area contributed by atoms with Crippen molar-refractivity contribution in [3.05, 3.63) is 53.3 Å². The molecule has 0 aliphatic heterocycles. The van der Waals surface area contributed by atoms with E-state index in [0.29, 0.717) is 12.1 Å². The molecule has 1 aromatic carbocycles. The lowest BCUT2D eigenvalue weighted by Crippen LogP contribution is -2.24. The molecule has 2 aromatic rings. The number of benzene rings is 1. The van der Waals surface area contributed by atoms with Gasteiger partial charge in [0.05, 0.1) is 11.4 Å². The second-order valence-corrected chi connectivity index (χ2v) is 7.02. The molecule has 2 rings (SSSR count). The van der Waals surface area contributed by atoms with Crippen molar-refractivity contribution in [3.63, 3.8) is 0 Å². The van der Waals surface area contributed by atoms with Gasteiger partial charge < -0.3 is 9.88 Å². The van der Waals surface area contributed by atoms with Gasteiger partial charge in [0.2, 0.25) is 0 Å². The predicted molar refractivity (Wildman–Crippen MR) is 80.9 cm³/mol. The van der Waals surface area contributed by atoms with Crippen molar-refractivity contribution in [1.82, 2.24) is 9.88 Å². The number of hydrogen-bond donors (Lipinski definition) is 1. The van der Waals surface area contributed by atoms with Crippen LogP contribution in [0.2, 0.25) is 0 Å². The van der Waals surface area contributed by atoms with Crippen LogP contribution in [0.25, 0.3) is 0 Å². The average molecular weight is 306 g/mol. The van der Waals surface area contributed by atoms with E-state index in [1.807, 2.05) is 30.7 Å². The molecule has 5 nitrogen and oxygen atoms in total. The number of carbonyl (C=O) groups excluding carboxylic acids is 1. The highest BCUT2D eigenvalue weighted by Crippen LogP contribution is 2.11. The summed E-state index contributed by atoms with van der Waals surface area (Å²) in [6, 6.07) is 9.86. The van der Waals surface area contributed by atoms with Crippen LogP contribution in [0.4, 0.5) is 0 Å². The van der Waals surface area contributed by atoms with Gasteiger partial charge in [-0.05, 0) is 43.3 Å². The third kappa shape index (κ3) is 3.52. The Labute approximate surface area is 124 Å². The number of nitrogens with zero attached hydrogens (tertiary/aromatic N) is 1. The van der Waals surface area contributed by atoms with Crippen molar-refractivity contribution in [2.45, 2.75) is 18.4 Å². The van der Waals surface area contributed by atoms with Crippen LogP contribution in [-0.2, 0) is 23.4 Å². The van der Waals surface area contributed by atoms with Gasteiger partial charge in [-0.25, -0.2) is 8.42 Å². The lowest BCUT2D eigenvalue weighted by atomic mass is 10.2. The third-order valence-electron chi connectivity index (χ3n) is 3.45. The zero-order valence-corrected chi connectivity index (χ0v) is 13.1. The normalized spacial score (nSPS) is 11.4. The summed E-state index contributed by atoms with van der Waals surface area (Å²) in [7, 11) is -1.30. The molecule has 1 N–H and O–H groups in total. The number of nitrogens with one attached hydrogen (secondary N) is 1. The van der Waals surface area contributed by atoms with E-state index in [2.05, 4.69) is 5.32 Å². The molecule has 0 aliphatic rings. The molecule has 0 spiro atoms. The first-order chi connectivity index (χ1) is 9.79.